The van der Waals surface area contributed by atoms with Crippen molar-refractivity contribution >= 4 is 12.0 Å². The predicted molar refractivity (Wildman–Crippen MR) is 137 cm³/mol. The minimum absolute atomic E-state index is 0.00148. The number of alkyl halides is 3. The van der Waals surface area contributed by atoms with E-state index < -0.39 is 6.36 Å². The maximum atomic E-state index is 13.1. The number of phenols is 1. The molecule has 1 amide bonds. The van der Waals surface area contributed by atoms with Crippen molar-refractivity contribution in [2.24, 2.45) is 5.92 Å². The molecule has 4 rings (SSSR count). The summed E-state index contributed by atoms with van der Waals surface area (Å²) in [5, 5.41) is 10.2. The fourth-order valence-corrected chi connectivity index (χ4v) is 5.96. The van der Waals surface area contributed by atoms with E-state index in [2.05, 4.69) is 22.3 Å². The molecule has 2 aromatic carbocycles. The number of carbonyl (C=O) groups is 1. The van der Waals surface area contributed by atoms with E-state index in [0.29, 0.717) is 11.5 Å². The number of fused-ring (bicyclic) bond motifs is 1. The maximum Gasteiger partial charge on any atom is 0.573 e. The molecule has 37 heavy (non-hydrogen) atoms. The minimum Gasteiger partial charge on any atom is -0.508 e. The summed E-state index contributed by atoms with van der Waals surface area (Å²) < 4.78 is 41.6. The van der Waals surface area contributed by atoms with E-state index in [9.17, 15) is 23.1 Å². The molecule has 0 spiro atoms. The lowest BCUT2D eigenvalue weighted by Crippen LogP contribution is -2.56. The van der Waals surface area contributed by atoms with Gasteiger partial charge in [-0.05, 0) is 79.6 Å². The second-order valence-corrected chi connectivity index (χ2v) is 10.0. The Balaban J connectivity index is 1.51. The molecule has 1 saturated carbocycles. The number of hydrogen-bond acceptors (Lipinski definition) is 4. The van der Waals surface area contributed by atoms with E-state index in [-0.39, 0.29) is 28.9 Å². The standard InChI is InChI=1S/C29H33F3N2O3/c1-3-15-34-16-14-28(22-7-5-8-25(35)18-22)19-24(12-11-23(28)20-34)33(2)27(36)13-10-21-6-4-9-26(17-21)37-29(30,31)32/h3-10,13,17-18,23-24,35H,1,11-12,14-16,19-20H2,2H3/b13-10+. The zero-order chi connectivity index (χ0) is 26.6. The van der Waals surface area contributed by atoms with Gasteiger partial charge in [0.1, 0.15) is 11.5 Å². The van der Waals surface area contributed by atoms with Gasteiger partial charge >= 0.3 is 6.36 Å². The molecule has 198 valence electrons. The number of benzene rings is 2. The number of likely N-dealkylation sites (tertiary alicyclic amines) is 1. The normalized spacial score (nSPS) is 24.4. The Kier molecular flexibility index (Phi) is 7.97. The quantitative estimate of drug-likeness (QED) is 0.377. The summed E-state index contributed by atoms with van der Waals surface area (Å²) in [6, 6.07) is 13.0. The number of halogens is 3. The van der Waals surface area contributed by atoms with Gasteiger partial charge in [-0.15, -0.1) is 19.8 Å². The van der Waals surface area contributed by atoms with Crippen molar-refractivity contribution in [1.82, 2.24) is 9.80 Å². The fraction of sp³-hybridized carbons (Fsp3) is 0.414. The molecule has 2 fully saturated rings. The van der Waals surface area contributed by atoms with Crippen molar-refractivity contribution in [2.45, 2.75) is 43.5 Å². The first kappa shape index (κ1) is 26.8. The van der Waals surface area contributed by atoms with E-state index in [1.54, 1.807) is 24.1 Å². The van der Waals surface area contributed by atoms with Crippen LogP contribution >= 0.6 is 0 Å². The Bertz CT molecular complexity index is 1150. The molecule has 1 saturated heterocycles. The Labute approximate surface area is 215 Å². The summed E-state index contributed by atoms with van der Waals surface area (Å²) in [5.74, 6) is 0.102. The lowest BCUT2D eigenvalue weighted by molar-refractivity contribution is -0.274. The first-order valence-corrected chi connectivity index (χ1v) is 12.5. The van der Waals surface area contributed by atoms with Crippen LogP contribution in [0.15, 0.2) is 67.3 Å². The third-order valence-corrected chi connectivity index (χ3v) is 7.80. The van der Waals surface area contributed by atoms with Crippen molar-refractivity contribution in [2.75, 3.05) is 26.7 Å². The fourth-order valence-electron chi connectivity index (χ4n) is 5.96. The Morgan fingerprint density at radius 2 is 2.03 bits per heavy atom. The van der Waals surface area contributed by atoms with E-state index in [1.807, 2.05) is 18.2 Å². The topological polar surface area (TPSA) is 53.0 Å². The molecule has 2 aromatic rings. The highest BCUT2D eigenvalue weighted by molar-refractivity contribution is 5.91. The predicted octanol–water partition coefficient (Wildman–Crippen LogP) is 5.76. The lowest BCUT2D eigenvalue weighted by atomic mass is 9.57. The van der Waals surface area contributed by atoms with Gasteiger partial charge < -0.3 is 14.7 Å². The Hall–Kier alpha value is -3.26. The number of phenolic OH excluding ortho intramolecular Hbond substituents is 1. The minimum atomic E-state index is -4.77. The molecule has 2 aliphatic rings. The zero-order valence-electron chi connectivity index (χ0n) is 21.0. The number of amides is 1. The molecule has 0 bridgehead atoms. The number of carbonyl (C=O) groups excluding carboxylic acids is 1. The summed E-state index contributed by atoms with van der Waals surface area (Å²) in [7, 11) is 1.78. The summed E-state index contributed by atoms with van der Waals surface area (Å²) in [4.78, 5) is 17.2. The highest BCUT2D eigenvalue weighted by Gasteiger charge is 2.49. The first-order valence-electron chi connectivity index (χ1n) is 12.5. The number of hydrogen-bond donors (Lipinski definition) is 1. The number of piperidine rings is 1. The van der Waals surface area contributed by atoms with Gasteiger partial charge in [0.15, 0.2) is 0 Å². The van der Waals surface area contributed by atoms with Gasteiger partial charge in [-0.25, -0.2) is 0 Å². The summed E-state index contributed by atoms with van der Waals surface area (Å²) in [6.45, 7) is 6.58. The first-order chi connectivity index (χ1) is 17.6. The molecular weight excluding hydrogens is 481 g/mol. The summed E-state index contributed by atoms with van der Waals surface area (Å²) in [5.41, 5.74) is 1.40. The van der Waals surface area contributed by atoms with Crippen LogP contribution in [-0.2, 0) is 10.2 Å². The van der Waals surface area contributed by atoms with Gasteiger partial charge in [-0.2, -0.15) is 0 Å². The van der Waals surface area contributed by atoms with Crippen molar-refractivity contribution in [3.8, 4) is 11.5 Å². The van der Waals surface area contributed by atoms with Gasteiger partial charge in [0.25, 0.3) is 0 Å². The van der Waals surface area contributed by atoms with Gasteiger partial charge in [-0.1, -0.05) is 30.3 Å². The third kappa shape index (κ3) is 6.36. The van der Waals surface area contributed by atoms with Gasteiger partial charge in [0.05, 0.1) is 0 Å². The summed E-state index contributed by atoms with van der Waals surface area (Å²) >= 11 is 0. The molecule has 1 N–H and O–H groups in total. The van der Waals surface area contributed by atoms with Crippen molar-refractivity contribution in [1.29, 1.82) is 0 Å². The second-order valence-electron chi connectivity index (χ2n) is 10.0. The van der Waals surface area contributed by atoms with Crippen LogP contribution in [0.4, 0.5) is 13.2 Å². The maximum absolute atomic E-state index is 13.1. The number of rotatable bonds is 7. The average molecular weight is 515 g/mol. The molecule has 1 aliphatic heterocycles. The van der Waals surface area contributed by atoms with Gasteiger partial charge in [0.2, 0.25) is 5.91 Å². The molecule has 3 atom stereocenters. The third-order valence-electron chi connectivity index (χ3n) is 7.80. The Morgan fingerprint density at radius 1 is 1.24 bits per heavy atom. The molecule has 1 aliphatic carbocycles. The van der Waals surface area contributed by atoms with E-state index in [1.165, 1.54) is 30.4 Å². The van der Waals surface area contributed by atoms with Crippen LogP contribution in [0.3, 0.4) is 0 Å². The van der Waals surface area contributed by atoms with Gasteiger partial charge in [-0.3, -0.25) is 9.69 Å². The molecule has 0 aromatic heterocycles. The molecule has 1 heterocycles. The molecule has 3 unspecified atom stereocenters. The summed E-state index contributed by atoms with van der Waals surface area (Å²) in [6.07, 6.45) is 3.58. The van der Waals surface area contributed by atoms with E-state index in [4.69, 9.17) is 0 Å². The van der Waals surface area contributed by atoms with Crippen molar-refractivity contribution in [3.05, 3.63) is 78.4 Å². The van der Waals surface area contributed by atoms with Crippen LogP contribution in [0.1, 0.15) is 36.8 Å². The SMILES string of the molecule is C=CCN1CCC2(c3cccc(O)c3)CC(N(C)C(=O)/C=C/c3cccc(OC(F)(F)F)c3)CCC2C1. The largest absolute Gasteiger partial charge is 0.573 e. The Morgan fingerprint density at radius 3 is 2.76 bits per heavy atom. The monoisotopic (exact) mass is 514 g/mol. The van der Waals surface area contributed by atoms with Crippen molar-refractivity contribution < 1.29 is 27.8 Å². The molecule has 5 nitrogen and oxygen atoms in total. The molecule has 0 radical (unpaired) electrons. The smallest absolute Gasteiger partial charge is 0.508 e. The van der Waals surface area contributed by atoms with E-state index in [0.717, 1.165) is 50.9 Å². The molecule has 8 heteroatoms. The highest BCUT2D eigenvalue weighted by Crippen LogP contribution is 2.50. The van der Waals surface area contributed by atoms with Crippen LogP contribution in [-0.4, -0.2) is 59.9 Å². The van der Waals surface area contributed by atoms with E-state index >= 15 is 0 Å². The lowest BCUT2D eigenvalue weighted by Gasteiger charge is -2.54. The molecular formula is C29H33F3N2O3. The van der Waals surface area contributed by atoms with Crippen molar-refractivity contribution in [3.63, 3.8) is 0 Å². The van der Waals surface area contributed by atoms with Crippen LogP contribution < -0.4 is 4.74 Å². The number of aromatic hydroxyl groups is 1. The van der Waals surface area contributed by atoms with Crippen LogP contribution in [0, 0.1) is 5.92 Å². The van der Waals surface area contributed by atoms with Gasteiger partial charge in [0, 0.05) is 37.7 Å². The highest BCUT2D eigenvalue weighted by atomic mass is 19.4. The number of ether oxygens (including phenoxy) is 1. The number of likely N-dealkylation sites (N-methyl/N-ethyl adjacent to an activating group) is 1. The average Bonchev–Trinajstić information content (AvgIpc) is 2.86. The number of nitrogens with zero attached hydrogens (tertiary/aromatic N) is 2. The van der Waals surface area contributed by atoms with Crippen LogP contribution in [0.2, 0.25) is 0 Å². The van der Waals surface area contributed by atoms with Crippen LogP contribution in [0.5, 0.6) is 11.5 Å². The zero-order valence-corrected chi connectivity index (χ0v) is 21.0. The second kappa shape index (κ2) is 11.0. The van der Waals surface area contributed by atoms with Crippen LogP contribution in [0.25, 0.3) is 6.08 Å².